The molecule has 0 atom stereocenters. The molecule has 0 aliphatic carbocycles. The lowest BCUT2D eigenvalue weighted by atomic mass is 10.2. The zero-order valence-electron chi connectivity index (χ0n) is 9.98. The fraction of sp³-hybridized carbons (Fsp3) is 0.0833. The van der Waals surface area contributed by atoms with Gasteiger partial charge in [-0.25, -0.2) is 4.98 Å². The normalized spacial score (nSPS) is 10.8. The molecule has 0 saturated carbocycles. The summed E-state index contributed by atoms with van der Waals surface area (Å²) in [6.07, 6.45) is 3.24. The monoisotopic (exact) mass is 258 g/mol. The quantitative estimate of drug-likeness (QED) is 0.723. The summed E-state index contributed by atoms with van der Waals surface area (Å²) in [7, 11) is 1.82. The Kier molecular flexibility index (Phi) is 2.45. The second-order valence-corrected chi connectivity index (χ2v) is 4.01. The minimum absolute atomic E-state index is 0.0346. The van der Waals surface area contributed by atoms with Crippen LogP contribution < -0.4 is 0 Å². The first-order valence-electron chi connectivity index (χ1n) is 5.48. The van der Waals surface area contributed by atoms with Gasteiger partial charge in [-0.2, -0.15) is 4.98 Å². The molecule has 19 heavy (non-hydrogen) atoms. The van der Waals surface area contributed by atoms with Crippen LogP contribution in [0.1, 0.15) is 0 Å². The van der Waals surface area contributed by atoms with Crippen LogP contribution in [0.3, 0.4) is 0 Å². The molecule has 0 radical (unpaired) electrons. The first-order valence-corrected chi connectivity index (χ1v) is 5.48. The Morgan fingerprint density at radius 2 is 2.11 bits per heavy atom. The number of nitrogens with zero attached hydrogens (tertiary/aromatic N) is 4. The van der Waals surface area contributed by atoms with Gasteiger partial charge in [0.2, 0.25) is 5.82 Å². The molecule has 0 unspecified atom stereocenters. The summed E-state index contributed by atoms with van der Waals surface area (Å²) in [5, 5.41) is 22.8. The van der Waals surface area contributed by atoms with Crippen molar-refractivity contribution < 1.29 is 14.7 Å². The Bertz CT molecular complexity index is 732. The molecule has 2 N–H and O–H groups in total. The molecule has 3 aromatic rings. The van der Waals surface area contributed by atoms with Crippen molar-refractivity contribution in [3.05, 3.63) is 30.7 Å². The van der Waals surface area contributed by atoms with Crippen LogP contribution in [0, 0.1) is 0 Å². The highest BCUT2D eigenvalue weighted by molar-refractivity contribution is 5.65. The Labute approximate surface area is 107 Å². The van der Waals surface area contributed by atoms with Gasteiger partial charge in [0.1, 0.15) is 17.2 Å². The van der Waals surface area contributed by atoms with Gasteiger partial charge in [0, 0.05) is 13.1 Å². The zero-order valence-corrected chi connectivity index (χ0v) is 9.98. The summed E-state index contributed by atoms with van der Waals surface area (Å²) in [5.41, 5.74) is 1.06. The number of benzene rings is 1. The van der Waals surface area contributed by atoms with Gasteiger partial charge in [-0.15, -0.1) is 0 Å². The average Bonchev–Trinajstić information content (AvgIpc) is 2.97. The Morgan fingerprint density at radius 1 is 1.26 bits per heavy atom. The van der Waals surface area contributed by atoms with E-state index < -0.39 is 0 Å². The second-order valence-electron chi connectivity index (χ2n) is 4.01. The van der Waals surface area contributed by atoms with Crippen LogP contribution in [0.15, 0.2) is 35.2 Å². The van der Waals surface area contributed by atoms with Crippen LogP contribution in [0.25, 0.3) is 23.0 Å². The van der Waals surface area contributed by atoms with E-state index in [-0.39, 0.29) is 17.4 Å². The molecule has 0 amide bonds. The third kappa shape index (κ3) is 1.90. The molecule has 0 bridgehead atoms. The number of rotatable bonds is 2. The lowest BCUT2D eigenvalue weighted by molar-refractivity contribution is 0.423. The maximum absolute atomic E-state index is 9.73. The number of aromatic hydroxyl groups is 2. The number of aromatic nitrogens is 4. The van der Waals surface area contributed by atoms with Gasteiger partial charge in [-0.1, -0.05) is 5.16 Å². The molecule has 2 aromatic heterocycles. The van der Waals surface area contributed by atoms with E-state index in [0.29, 0.717) is 17.1 Å². The number of phenols is 2. The topological polar surface area (TPSA) is 97.2 Å². The summed E-state index contributed by atoms with van der Waals surface area (Å²) < 4.78 is 6.86. The summed E-state index contributed by atoms with van der Waals surface area (Å²) >= 11 is 0. The fourth-order valence-corrected chi connectivity index (χ4v) is 1.71. The highest BCUT2D eigenvalue weighted by Gasteiger charge is 2.15. The van der Waals surface area contributed by atoms with Crippen molar-refractivity contribution in [2.75, 3.05) is 0 Å². The Morgan fingerprint density at radius 3 is 2.79 bits per heavy atom. The molecule has 0 aliphatic heterocycles. The summed E-state index contributed by atoms with van der Waals surface area (Å²) in [6.45, 7) is 0. The van der Waals surface area contributed by atoms with Crippen LogP contribution in [0.5, 0.6) is 11.5 Å². The molecule has 0 fully saturated rings. The van der Waals surface area contributed by atoms with E-state index in [1.165, 1.54) is 18.2 Å². The van der Waals surface area contributed by atoms with E-state index in [4.69, 9.17) is 4.52 Å². The van der Waals surface area contributed by atoms with Crippen molar-refractivity contribution in [1.29, 1.82) is 0 Å². The first-order chi connectivity index (χ1) is 9.15. The van der Waals surface area contributed by atoms with Gasteiger partial charge in [-0.05, 0) is 12.1 Å². The van der Waals surface area contributed by atoms with Gasteiger partial charge < -0.3 is 19.3 Å². The highest BCUT2D eigenvalue weighted by atomic mass is 16.5. The second kappa shape index (κ2) is 4.13. The number of phenolic OH excluding ortho intramolecular Hbond substituents is 2. The molecule has 96 valence electrons. The molecule has 2 heterocycles. The van der Waals surface area contributed by atoms with Crippen LogP contribution in [-0.4, -0.2) is 29.9 Å². The number of aryl methyl sites for hydroxylation is 1. The van der Waals surface area contributed by atoms with E-state index in [2.05, 4.69) is 15.1 Å². The third-order valence-electron chi connectivity index (χ3n) is 2.68. The number of hydrogen-bond acceptors (Lipinski definition) is 6. The van der Waals surface area contributed by atoms with Crippen molar-refractivity contribution in [2.45, 2.75) is 0 Å². The average molecular weight is 258 g/mol. The molecular weight excluding hydrogens is 248 g/mol. The summed E-state index contributed by atoms with van der Waals surface area (Å²) in [5.74, 6) is 0.393. The summed E-state index contributed by atoms with van der Waals surface area (Å²) in [4.78, 5) is 8.16. The van der Waals surface area contributed by atoms with E-state index in [1.807, 2.05) is 7.05 Å². The molecule has 0 saturated heterocycles. The Balaban J connectivity index is 2.04. The number of imidazole rings is 1. The van der Waals surface area contributed by atoms with Gasteiger partial charge in [0.25, 0.3) is 5.89 Å². The van der Waals surface area contributed by atoms with E-state index in [1.54, 1.807) is 17.1 Å². The van der Waals surface area contributed by atoms with Gasteiger partial charge >= 0.3 is 0 Å². The van der Waals surface area contributed by atoms with Crippen molar-refractivity contribution in [2.24, 2.45) is 7.05 Å². The molecule has 1 aromatic carbocycles. The third-order valence-corrected chi connectivity index (χ3v) is 2.68. The lowest BCUT2D eigenvalue weighted by Crippen LogP contribution is -1.90. The van der Waals surface area contributed by atoms with Crippen LogP contribution in [-0.2, 0) is 7.05 Å². The molecule has 0 aliphatic rings. The minimum atomic E-state index is -0.125. The Hall–Kier alpha value is -2.83. The summed E-state index contributed by atoms with van der Waals surface area (Å²) in [6, 6.07) is 4.15. The standard InChI is InChI=1S/C12H10N4O3/c1-16-6-13-5-9(16)11-14-12(19-15-11)8-3-2-7(17)4-10(8)18/h2-6,17-18H,1H3. The van der Waals surface area contributed by atoms with E-state index in [0.717, 1.165) is 0 Å². The van der Waals surface area contributed by atoms with Crippen LogP contribution in [0.2, 0.25) is 0 Å². The van der Waals surface area contributed by atoms with Crippen molar-refractivity contribution >= 4 is 0 Å². The van der Waals surface area contributed by atoms with Crippen LogP contribution >= 0.6 is 0 Å². The van der Waals surface area contributed by atoms with Crippen molar-refractivity contribution in [1.82, 2.24) is 19.7 Å². The van der Waals surface area contributed by atoms with E-state index >= 15 is 0 Å². The molecule has 0 spiro atoms. The predicted molar refractivity (Wildman–Crippen MR) is 65.3 cm³/mol. The van der Waals surface area contributed by atoms with Crippen LogP contribution in [0.4, 0.5) is 0 Å². The van der Waals surface area contributed by atoms with Gasteiger partial charge in [0.05, 0.1) is 18.1 Å². The zero-order chi connectivity index (χ0) is 13.4. The van der Waals surface area contributed by atoms with Crippen molar-refractivity contribution in [3.8, 4) is 34.5 Å². The van der Waals surface area contributed by atoms with Gasteiger partial charge in [0.15, 0.2) is 0 Å². The first kappa shape index (κ1) is 11.3. The predicted octanol–water partition coefficient (Wildman–Crippen LogP) is 1.55. The van der Waals surface area contributed by atoms with Crippen molar-refractivity contribution in [3.63, 3.8) is 0 Å². The molecule has 7 nitrogen and oxygen atoms in total. The largest absolute Gasteiger partial charge is 0.508 e. The minimum Gasteiger partial charge on any atom is -0.508 e. The highest BCUT2D eigenvalue weighted by Crippen LogP contribution is 2.31. The SMILES string of the molecule is Cn1cncc1-c1noc(-c2ccc(O)cc2O)n1. The lowest BCUT2D eigenvalue weighted by Gasteiger charge is -1.99. The molecule has 7 heteroatoms. The molecular formula is C12H10N4O3. The number of hydrogen-bond donors (Lipinski definition) is 2. The fourth-order valence-electron chi connectivity index (χ4n) is 1.71. The maximum Gasteiger partial charge on any atom is 0.262 e. The maximum atomic E-state index is 9.73. The van der Waals surface area contributed by atoms with E-state index in [9.17, 15) is 10.2 Å². The van der Waals surface area contributed by atoms with Gasteiger partial charge in [-0.3, -0.25) is 0 Å². The molecule has 3 rings (SSSR count). The smallest absolute Gasteiger partial charge is 0.262 e.